The molecule has 0 bridgehead atoms. The first kappa shape index (κ1) is 8.50. The van der Waals surface area contributed by atoms with Crippen LogP contribution in [-0.2, 0) is 9.47 Å². The zero-order valence-electron chi connectivity index (χ0n) is 5.96. The van der Waals surface area contributed by atoms with Crippen LogP contribution in [0.1, 0.15) is 20.3 Å². The van der Waals surface area contributed by atoms with Gasteiger partial charge in [0.15, 0.2) is 6.29 Å². The second-order valence-corrected chi connectivity index (χ2v) is 1.58. The molecular formula is C7H13O2. The molecule has 0 N–H and O–H groups in total. The van der Waals surface area contributed by atoms with Gasteiger partial charge in [-0.1, -0.05) is 13.5 Å². The molecule has 0 aliphatic carbocycles. The van der Waals surface area contributed by atoms with Gasteiger partial charge < -0.3 is 9.47 Å². The summed E-state index contributed by atoms with van der Waals surface area (Å²) in [6.45, 7) is 8.91. The molecule has 0 saturated heterocycles. The van der Waals surface area contributed by atoms with Crippen LogP contribution in [0.5, 0.6) is 0 Å². The maximum atomic E-state index is 5.01. The predicted octanol–water partition coefficient (Wildman–Crippen LogP) is 2.08. The summed E-state index contributed by atoms with van der Waals surface area (Å²) in [5.41, 5.74) is 0. The third-order valence-corrected chi connectivity index (χ3v) is 0.742. The summed E-state index contributed by atoms with van der Waals surface area (Å²) in [5.74, 6) is 0. The number of ether oxygens (including phenoxy) is 2. The fraction of sp³-hybridized carbons (Fsp3) is 0.571. The molecule has 0 saturated carbocycles. The van der Waals surface area contributed by atoms with Crippen LogP contribution in [0.4, 0.5) is 0 Å². The van der Waals surface area contributed by atoms with Crippen molar-refractivity contribution >= 4 is 0 Å². The Hall–Kier alpha value is -0.500. The molecule has 0 heterocycles. The Labute approximate surface area is 56.5 Å². The Morgan fingerprint density at radius 3 is 2.67 bits per heavy atom. The van der Waals surface area contributed by atoms with Gasteiger partial charge in [0.2, 0.25) is 0 Å². The van der Waals surface area contributed by atoms with Gasteiger partial charge in [-0.05, 0) is 13.3 Å². The van der Waals surface area contributed by atoms with Gasteiger partial charge in [0.05, 0.1) is 12.9 Å². The molecule has 0 amide bonds. The second-order valence-electron chi connectivity index (χ2n) is 1.58. The monoisotopic (exact) mass is 129 g/mol. The molecule has 53 valence electrons. The largest absolute Gasteiger partial charge is 0.473 e. The molecule has 1 radical (unpaired) electrons. The standard InChI is InChI=1S/C7H13O2/c1-4-6-9-7(3)8-5-2/h5-7H,2,4H2,1,3H3. The number of hydrogen-bond donors (Lipinski definition) is 0. The molecule has 2 heteroatoms. The summed E-state index contributed by atoms with van der Waals surface area (Å²) in [7, 11) is 0. The van der Waals surface area contributed by atoms with E-state index in [0.29, 0.717) is 0 Å². The van der Waals surface area contributed by atoms with Crippen LogP contribution in [-0.4, -0.2) is 6.29 Å². The molecule has 0 aromatic rings. The van der Waals surface area contributed by atoms with Crippen LogP contribution in [0.3, 0.4) is 0 Å². The van der Waals surface area contributed by atoms with E-state index >= 15 is 0 Å². The van der Waals surface area contributed by atoms with E-state index in [4.69, 9.17) is 9.47 Å². The first-order valence-electron chi connectivity index (χ1n) is 3.04. The highest BCUT2D eigenvalue weighted by atomic mass is 16.7. The molecule has 0 fully saturated rings. The van der Waals surface area contributed by atoms with Crippen LogP contribution in [0.2, 0.25) is 0 Å². The van der Waals surface area contributed by atoms with Crippen LogP contribution in [0.15, 0.2) is 12.8 Å². The summed E-state index contributed by atoms with van der Waals surface area (Å²) in [4.78, 5) is 0. The fourth-order valence-electron chi connectivity index (χ4n) is 0.399. The lowest BCUT2D eigenvalue weighted by Gasteiger charge is -2.09. The van der Waals surface area contributed by atoms with E-state index in [1.165, 1.54) is 6.26 Å². The Morgan fingerprint density at radius 1 is 1.56 bits per heavy atom. The Morgan fingerprint density at radius 2 is 2.22 bits per heavy atom. The van der Waals surface area contributed by atoms with Gasteiger partial charge in [-0.25, -0.2) is 0 Å². The maximum Gasteiger partial charge on any atom is 0.196 e. The highest BCUT2D eigenvalue weighted by Crippen LogP contribution is 1.97. The van der Waals surface area contributed by atoms with E-state index < -0.39 is 0 Å². The van der Waals surface area contributed by atoms with Crippen LogP contribution in [0.25, 0.3) is 0 Å². The third kappa shape index (κ3) is 5.37. The van der Waals surface area contributed by atoms with Crippen molar-refractivity contribution in [2.24, 2.45) is 0 Å². The number of hydrogen-bond acceptors (Lipinski definition) is 2. The third-order valence-electron chi connectivity index (χ3n) is 0.742. The zero-order chi connectivity index (χ0) is 7.11. The quantitative estimate of drug-likeness (QED) is 0.418. The zero-order valence-corrected chi connectivity index (χ0v) is 5.96. The molecule has 0 aromatic carbocycles. The van der Waals surface area contributed by atoms with Gasteiger partial charge in [0.25, 0.3) is 0 Å². The summed E-state index contributed by atoms with van der Waals surface area (Å²) >= 11 is 0. The topological polar surface area (TPSA) is 18.5 Å². The smallest absolute Gasteiger partial charge is 0.196 e. The Bertz CT molecular complexity index is 71.3. The van der Waals surface area contributed by atoms with Gasteiger partial charge >= 0.3 is 0 Å². The van der Waals surface area contributed by atoms with Crippen molar-refractivity contribution in [3.05, 3.63) is 19.4 Å². The summed E-state index contributed by atoms with van der Waals surface area (Å²) in [5, 5.41) is 0. The van der Waals surface area contributed by atoms with E-state index in [0.717, 1.165) is 6.42 Å². The fourth-order valence-corrected chi connectivity index (χ4v) is 0.399. The molecule has 1 unspecified atom stereocenters. The van der Waals surface area contributed by atoms with Crippen molar-refractivity contribution < 1.29 is 9.47 Å². The van der Waals surface area contributed by atoms with Gasteiger partial charge in [0.1, 0.15) is 0 Å². The minimum atomic E-state index is -0.206. The first-order valence-corrected chi connectivity index (χ1v) is 3.04. The van der Waals surface area contributed by atoms with Gasteiger partial charge in [0, 0.05) is 0 Å². The molecule has 0 aliphatic heterocycles. The average Bonchev–Trinajstić information content (AvgIpc) is 1.85. The van der Waals surface area contributed by atoms with Crippen molar-refractivity contribution in [1.82, 2.24) is 0 Å². The minimum absolute atomic E-state index is 0.206. The molecule has 0 aliphatic rings. The molecule has 0 rings (SSSR count). The van der Waals surface area contributed by atoms with Gasteiger partial charge in [-0.3, -0.25) is 0 Å². The summed E-state index contributed by atoms with van der Waals surface area (Å²) in [6.07, 6.45) is 2.06. The van der Waals surface area contributed by atoms with Crippen molar-refractivity contribution in [3.63, 3.8) is 0 Å². The van der Waals surface area contributed by atoms with Crippen molar-refractivity contribution in [1.29, 1.82) is 0 Å². The number of rotatable bonds is 5. The maximum absolute atomic E-state index is 5.01. The van der Waals surface area contributed by atoms with Crippen molar-refractivity contribution in [2.75, 3.05) is 0 Å². The molecule has 2 nitrogen and oxygen atoms in total. The lowest BCUT2D eigenvalue weighted by molar-refractivity contribution is -0.0659. The first-order chi connectivity index (χ1) is 4.31. The second kappa shape index (κ2) is 5.63. The predicted molar refractivity (Wildman–Crippen MR) is 36.4 cm³/mol. The Kier molecular flexibility index (Phi) is 5.32. The van der Waals surface area contributed by atoms with Crippen molar-refractivity contribution in [2.45, 2.75) is 26.6 Å². The van der Waals surface area contributed by atoms with Crippen LogP contribution in [0, 0.1) is 6.61 Å². The van der Waals surface area contributed by atoms with E-state index in [9.17, 15) is 0 Å². The van der Waals surface area contributed by atoms with E-state index in [1.807, 2.05) is 13.8 Å². The van der Waals surface area contributed by atoms with E-state index in [-0.39, 0.29) is 6.29 Å². The lowest BCUT2D eigenvalue weighted by atomic mass is 10.5. The lowest BCUT2D eigenvalue weighted by Crippen LogP contribution is -2.06. The van der Waals surface area contributed by atoms with Crippen LogP contribution >= 0.6 is 0 Å². The van der Waals surface area contributed by atoms with E-state index in [1.54, 1.807) is 6.61 Å². The highest BCUT2D eigenvalue weighted by Gasteiger charge is 1.96. The van der Waals surface area contributed by atoms with Crippen molar-refractivity contribution in [3.8, 4) is 0 Å². The minimum Gasteiger partial charge on any atom is -0.473 e. The van der Waals surface area contributed by atoms with Crippen LogP contribution < -0.4 is 0 Å². The van der Waals surface area contributed by atoms with Gasteiger partial charge in [-0.15, -0.1) is 0 Å². The normalized spacial score (nSPS) is 12.7. The Balaban J connectivity index is 3.04. The molecular weight excluding hydrogens is 116 g/mol. The summed E-state index contributed by atoms with van der Waals surface area (Å²) < 4.78 is 9.87. The van der Waals surface area contributed by atoms with Gasteiger partial charge in [-0.2, -0.15) is 0 Å². The highest BCUT2D eigenvalue weighted by molar-refractivity contribution is 4.51. The molecule has 9 heavy (non-hydrogen) atoms. The molecule has 1 atom stereocenters. The SMILES string of the molecule is C=COC(C)O[CH]CC. The molecule has 0 spiro atoms. The summed E-state index contributed by atoms with van der Waals surface area (Å²) in [6, 6.07) is 0. The van der Waals surface area contributed by atoms with E-state index in [2.05, 4.69) is 6.58 Å². The molecule has 0 aromatic heterocycles. The average molecular weight is 129 g/mol.